The Labute approximate surface area is 158 Å². The summed E-state index contributed by atoms with van der Waals surface area (Å²) in [4.78, 5) is 17.0. The first-order valence-corrected chi connectivity index (χ1v) is 9.55. The van der Waals surface area contributed by atoms with Gasteiger partial charge >= 0.3 is 0 Å². The van der Waals surface area contributed by atoms with E-state index in [-0.39, 0.29) is 11.5 Å². The molecule has 136 valence electrons. The van der Waals surface area contributed by atoms with E-state index in [0.29, 0.717) is 24.2 Å². The minimum absolute atomic E-state index is 0.108. The molecule has 0 spiro atoms. The van der Waals surface area contributed by atoms with Crippen molar-refractivity contribution in [3.63, 3.8) is 0 Å². The molecule has 26 heavy (non-hydrogen) atoms. The highest BCUT2D eigenvalue weighted by Crippen LogP contribution is 2.26. The normalized spacial score (nSPS) is 18.6. The summed E-state index contributed by atoms with van der Waals surface area (Å²) in [6.07, 6.45) is 3.07. The monoisotopic (exact) mass is 372 g/mol. The predicted molar refractivity (Wildman–Crippen MR) is 101 cm³/mol. The topological polar surface area (TPSA) is 23.6 Å². The van der Waals surface area contributed by atoms with Crippen molar-refractivity contribution in [2.24, 2.45) is 0 Å². The Morgan fingerprint density at radius 3 is 2.42 bits per heavy atom. The van der Waals surface area contributed by atoms with E-state index in [2.05, 4.69) is 29.2 Å². The van der Waals surface area contributed by atoms with Crippen molar-refractivity contribution in [1.29, 1.82) is 0 Å². The highest BCUT2D eigenvalue weighted by atomic mass is 35.5. The molecule has 1 amide bonds. The molecular weight excluding hydrogens is 351 g/mol. The van der Waals surface area contributed by atoms with E-state index < -0.39 is 5.82 Å². The third kappa shape index (κ3) is 3.49. The average molecular weight is 373 g/mol. The summed E-state index contributed by atoms with van der Waals surface area (Å²) in [7, 11) is 0. The Bertz CT molecular complexity index is 800. The Kier molecular flexibility index (Phi) is 4.96. The van der Waals surface area contributed by atoms with Crippen LogP contribution in [0.1, 0.15) is 27.9 Å². The Morgan fingerprint density at radius 2 is 1.73 bits per heavy atom. The van der Waals surface area contributed by atoms with Gasteiger partial charge in [0.2, 0.25) is 0 Å². The van der Waals surface area contributed by atoms with Crippen LogP contribution >= 0.6 is 11.6 Å². The van der Waals surface area contributed by atoms with E-state index in [4.69, 9.17) is 11.6 Å². The zero-order valence-electron chi connectivity index (χ0n) is 14.6. The zero-order valence-corrected chi connectivity index (χ0v) is 15.4. The van der Waals surface area contributed by atoms with Crippen molar-refractivity contribution < 1.29 is 9.18 Å². The standard InChI is InChI=1S/C21H22ClFN2O/c22-17-6-7-19(20(23)14-17)21(26)25-9-3-8-24(10-11-25)18-12-15-4-1-2-5-16(15)13-18/h1-2,4-7,14,18H,3,8-13H2. The summed E-state index contributed by atoms with van der Waals surface area (Å²) in [5.41, 5.74) is 2.99. The second-order valence-electron chi connectivity index (χ2n) is 7.14. The summed E-state index contributed by atoms with van der Waals surface area (Å²) < 4.78 is 14.1. The molecule has 0 radical (unpaired) electrons. The highest BCUT2D eigenvalue weighted by molar-refractivity contribution is 6.30. The second-order valence-corrected chi connectivity index (χ2v) is 7.57. The van der Waals surface area contributed by atoms with E-state index in [1.54, 1.807) is 11.0 Å². The molecule has 1 aliphatic carbocycles. The average Bonchev–Trinajstić information content (AvgIpc) is 2.90. The van der Waals surface area contributed by atoms with Crippen LogP contribution < -0.4 is 0 Å². The number of carbonyl (C=O) groups excluding carboxylic acids is 1. The van der Waals surface area contributed by atoms with Gasteiger partial charge in [-0.05, 0) is 48.6 Å². The van der Waals surface area contributed by atoms with Gasteiger partial charge in [-0.1, -0.05) is 35.9 Å². The lowest BCUT2D eigenvalue weighted by atomic mass is 10.1. The summed E-state index contributed by atoms with van der Waals surface area (Å²) in [6.45, 7) is 3.11. The van der Waals surface area contributed by atoms with Gasteiger partial charge in [-0.2, -0.15) is 0 Å². The lowest BCUT2D eigenvalue weighted by molar-refractivity contribution is 0.0753. The number of benzene rings is 2. The lowest BCUT2D eigenvalue weighted by Gasteiger charge is -2.27. The Hall–Kier alpha value is -1.91. The van der Waals surface area contributed by atoms with Crippen LogP contribution in [0.4, 0.5) is 4.39 Å². The lowest BCUT2D eigenvalue weighted by Crippen LogP contribution is -2.40. The minimum Gasteiger partial charge on any atom is -0.337 e. The van der Waals surface area contributed by atoms with E-state index >= 15 is 0 Å². The molecule has 5 heteroatoms. The molecule has 4 rings (SSSR count). The van der Waals surface area contributed by atoms with Gasteiger partial charge in [-0.25, -0.2) is 4.39 Å². The number of rotatable bonds is 2. The fourth-order valence-electron chi connectivity index (χ4n) is 4.13. The number of hydrogen-bond acceptors (Lipinski definition) is 2. The van der Waals surface area contributed by atoms with Crippen molar-refractivity contribution in [2.45, 2.75) is 25.3 Å². The molecule has 0 N–H and O–H groups in total. The van der Waals surface area contributed by atoms with E-state index in [1.807, 2.05) is 0 Å². The second kappa shape index (κ2) is 7.37. The van der Waals surface area contributed by atoms with Crippen molar-refractivity contribution in [2.75, 3.05) is 26.2 Å². The van der Waals surface area contributed by atoms with Gasteiger partial charge in [-0.15, -0.1) is 0 Å². The molecule has 1 fully saturated rings. The number of fused-ring (bicyclic) bond motifs is 1. The minimum atomic E-state index is -0.546. The summed E-state index contributed by atoms with van der Waals surface area (Å²) >= 11 is 5.79. The molecular formula is C21H22ClFN2O. The van der Waals surface area contributed by atoms with Gasteiger partial charge in [0.1, 0.15) is 5.82 Å². The molecule has 1 heterocycles. The molecule has 0 saturated carbocycles. The number of halogens is 2. The predicted octanol–water partition coefficient (Wildman–Crippen LogP) is 3.79. The maximum atomic E-state index is 14.1. The SMILES string of the molecule is O=C(c1ccc(Cl)cc1F)N1CCCN(C2Cc3ccccc3C2)CC1. The van der Waals surface area contributed by atoms with Crippen LogP contribution in [0.2, 0.25) is 5.02 Å². The van der Waals surface area contributed by atoms with Crippen molar-refractivity contribution in [3.8, 4) is 0 Å². The molecule has 0 unspecified atom stereocenters. The molecule has 1 aliphatic heterocycles. The Morgan fingerprint density at radius 1 is 1.00 bits per heavy atom. The van der Waals surface area contributed by atoms with Gasteiger partial charge < -0.3 is 4.90 Å². The van der Waals surface area contributed by atoms with Gasteiger partial charge in [0.15, 0.2) is 0 Å². The van der Waals surface area contributed by atoms with Crippen LogP contribution in [-0.2, 0) is 12.8 Å². The van der Waals surface area contributed by atoms with Crippen molar-refractivity contribution >= 4 is 17.5 Å². The van der Waals surface area contributed by atoms with Crippen LogP contribution in [-0.4, -0.2) is 47.9 Å². The quantitative estimate of drug-likeness (QED) is 0.800. The molecule has 3 nitrogen and oxygen atoms in total. The summed E-state index contributed by atoms with van der Waals surface area (Å²) in [6, 6.07) is 13.4. The number of hydrogen-bond donors (Lipinski definition) is 0. The molecule has 0 bridgehead atoms. The van der Waals surface area contributed by atoms with Crippen molar-refractivity contribution in [1.82, 2.24) is 9.80 Å². The maximum absolute atomic E-state index is 14.1. The number of nitrogens with zero attached hydrogens (tertiary/aromatic N) is 2. The first kappa shape index (κ1) is 17.5. The van der Waals surface area contributed by atoms with E-state index in [9.17, 15) is 9.18 Å². The van der Waals surface area contributed by atoms with E-state index in [1.165, 1.54) is 23.3 Å². The summed E-state index contributed by atoms with van der Waals surface area (Å²) in [5, 5.41) is 0.307. The zero-order chi connectivity index (χ0) is 18.1. The molecule has 2 aromatic rings. The van der Waals surface area contributed by atoms with Gasteiger partial charge in [0.25, 0.3) is 5.91 Å². The Balaban J connectivity index is 1.42. The first-order valence-electron chi connectivity index (χ1n) is 9.17. The first-order chi connectivity index (χ1) is 12.6. The molecule has 0 atom stereocenters. The molecule has 0 aromatic heterocycles. The smallest absolute Gasteiger partial charge is 0.256 e. The van der Waals surface area contributed by atoms with Crippen LogP contribution in [0.15, 0.2) is 42.5 Å². The third-order valence-corrected chi connectivity index (χ3v) is 5.76. The fourth-order valence-corrected chi connectivity index (χ4v) is 4.29. The summed E-state index contributed by atoms with van der Waals surface area (Å²) in [5.74, 6) is -0.787. The van der Waals surface area contributed by atoms with Crippen LogP contribution in [0.25, 0.3) is 0 Å². The third-order valence-electron chi connectivity index (χ3n) is 5.53. The number of carbonyl (C=O) groups is 1. The van der Waals surface area contributed by atoms with Crippen LogP contribution in [0.5, 0.6) is 0 Å². The maximum Gasteiger partial charge on any atom is 0.256 e. The molecule has 2 aromatic carbocycles. The molecule has 2 aliphatic rings. The van der Waals surface area contributed by atoms with Crippen LogP contribution in [0, 0.1) is 5.82 Å². The number of amides is 1. The van der Waals surface area contributed by atoms with Gasteiger partial charge in [-0.3, -0.25) is 9.69 Å². The fraction of sp³-hybridized carbons (Fsp3) is 0.381. The van der Waals surface area contributed by atoms with Gasteiger partial charge in [0, 0.05) is 37.2 Å². The highest BCUT2D eigenvalue weighted by Gasteiger charge is 2.29. The van der Waals surface area contributed by atoms with E-state index in [0.717, 1.165) is 32.4 Å². The van der Waals surface area contributed by atoms with Crippen LogP contribution in [0.3, 0.4) is 0 Å². The van der Waals surface area contributed by atoms with Crippen molar-refractivity contribution in [3.05, 3.63) is 70.0 Å². The van der Waals surface area contributed by atoms with Gasteiger partial charge in [0.05, 0.1) is 5.56 Å². The largest absolute Gasteiger partial charge is 0.337 e. The molecule has 1 saturated heterocycles.